The standard InChI is InChI=1S/C9H10BBr/c1-7-2-4-8(5-3-7)9(11)6-10/h2-5,9H,6H2,1H3. The third-order valence-electron chi connectivity index (χ3n) is 1.65. The monoisotopic (exact) mass is 208 g/mol. The number of hydrogen-bond acceptors (Lipinski definition) is 0. The SMILES string of the molecule is [B]CC(Br)c1ccc(C)cc1. The first-order valence-electron chi connectivity index (χ1n) is 3.64. The van der Waals surface area contributed by atoms with Crippen molar-refractivity contribution >= 4 is 23.8 Å². The van der Waals surface area contributed by atoms with Crippen molar-refractivity contribution < 1.29 is 0 Å². The molecule has 2 radical (unpaired) electrons. The molecule has 1 aromatic rings. The number of benzene rings is 1. The highest BCUT2D eigenvalue weighted by Gasteiger charge is 2.01. The Morgan fingerprint density at radius 1 is 1.36 bits per heavy atom. The van der Waals surface area contributed by atoms with Gasteiger partial charge in [0.25, 0.3) is 0 Å². The fraction of sp³-hybridized carbons (Fsp3) is 0.333. The lowest BCUT2D eigenvalue weighted by molar-refractivity contribution is 1.11. The Labute approximate surface area is 77.5 Å². The summed E-state index contributed by atoms with van der Waals surface area (Å²) in [5.74, 6) is 0. The van der Waals surface area contributed by atoms with Gasteiger partial charge in [0.2, 0.25) is 0 Å². The zero-order chi connectivity index (χ0) is 8.27. The number of hydrogen-bond donors (Lipinski definition) is 0. The van der Waals surface area contributed by atoms with Crippen LogP contribution in [0.2, 0.25) is 6.32 Å². The zero-order valence-corrected chi connectivity index (χ0v) is 8.14. The average molecular weight is 209 g/mol. The summed E-state index contributed by atoms with van der Waals surface area (Å²) in [6.45, 7) is 2.08. The summed E-state index contributed by atoms with van der Waals surface area (Å²) in [6, 6.07) is 8.39. The van der Waals surface area contributed by atoms with E-state index in [4.69, 9.17) is 7.85 Å². The van der Waals surface area contributed by atoms with Crippen LogP contribution in [0.4, 0.5) is 0 Å². The third-order valence-corrected chi connectivity index (χ3v) is 2.55. The summed E-state index contributed by atoms with van der Waals surface area (Å²) in [7, 11) is 5.50. The highest BCUT2D eigenvalue weighted by molar-refractivity contribution is 9.09. The van der Waals surface area contributed by atoms with Crippen LogP contribution in [0.5, 0.6) is 0 Å². The van der Waals surface area contributed by atoms with Gasteiger partial charge in [-0.25, -0.2) is 0 Å². The van der Waals surface area contributed by atoms with Gasteiger partial charge in [-0.3, -0.25) is 0 Å². The van der Waals surface area contributed by atoms with Gasteiger partial charge in [-0.2, -0.15) is 0 Å². The number of rotatable bonds is 2. The average Bonchev–Trinajstić information content (AvgIpc) is 2.05. The van der Waals surface area contributed by atoms with E-state index in [0.717, 1.165) is 0 Å². The molecule has 0 amide bonds. The van der Waals surface area contributed by atoms with Gasteiger partial charge in [-0.1, -0.05) is 52.1 Å². The van der Waals surface area contributed by atoms with E-state index in [9.17, 15) is 0 Å². The lowest BCUT2D eigenvalue weighted by atomic mass is 9.97. The molecule has 0 fully saturated rings. The molecule has 0 spiro atoms. The van der Waals surface area contributed by atoms with E-state index in [2.05, 4.69) is 47.1 Å². The second-order valence-corrected chi connectivity index (χ2v) is 3.72. The Balaban J connectivity index is 2.81. The van der Waals surface area contributed by atoms with E-state index in [-0.39, 0.29) is 0 Å². The summed E-state index contributed by atoms with van der Waals surface area (Å²) in [5, 5.41) is 0. The van der Waals surface area contributed by atoms with Crippen molar-refractivity contribution in [1.29, 1.82) is 0 Å². The molecule has 1 atom stereocenters. The predicted molar refractivity (Wildman–Crippen MR) is 53.4 cm³/mol. The summed E-state index contributed by atoms with van der Waals surface area (Å²) in [5.41, 5.74) is 2.53. The van der Waals surface area contributed by atoms with Gasteiger partial charge >= 0.3 is 0 Å². The second kappa shape index (κ2) is 3.96. The van der Waals surface area contributed by atoms with Crippen molar-refractivity contribution in [2.24, 2.45) is 0 Å². The van der Waals surface area contributed by atoms with Crippen LogP contribution in [-0.4, -0.2) is 7.85 Å². The lowest BCUT2D eigenvalue weighted by Crippen LogP contribution is -1.87. The highest BCUT2D eigenvalue weighted by Crippen LogP contribution is 2.25. The minimum atomic E-state index is 0.295. The Morgan fingerprint density at radius 3 is 2.36 bits per heavy atom. The summed E-state index contributed by atoms with van der Waals surface area (Å²) in [6.07, 6.45) is 0.642. The van der Waals surface area contributed by atoms with E-state index in [1.165, 1.54) is 11.1 Å². The van der Waals surface area contributed by atoms with Crippen molar-refractivity contribution in [2.75, 3.05) is 0 Å². The van der Waals surface area contributed by atoms with Crippen molar-refractivity contribution in [2.45, 2.75) is 18.1 Å². The van der Waals surface area contributed by atoms with Crippen LogP contribution >= 0.6 is 15.9 Å². The maximum Gasteiger partial charge on any atom is 0.0672 e. The van der Waals surface area contributed by atoms with Crippen molar-refractivity contribution in [3.63, 3.8) is 0 Å². The molecular weight excluding hydrogens is 199 g/mol. The lowest BCUT2D eigenvalue weighted by Gasteiger charge is -2.06. The van der Waals surface area contributed by atoms with Gasteiger partial charge in [0.15, 0.2) is 0 Å². The summed E-state index contributed by atoms with van der Waals surface area (Å²) < 4.78 is 0. The van der Waals surface area contributed by atoms with Crippen LogP contribution in [0.25, 0.3) is 0 Å². The molecule has 0 aromatic heterocycles. The second-order valence-electron chi connectivity index (χ2n) is 2.61. The van der Waals surface area contributed by atoms with Crippen molar-refractivity contribution in [3.05, 3.63) is 35.4 Å². The van der Waals surface area contributed by atoms with Crippen LogP contribution < -0.4 is 0 Å². The molecule has 2 heteroatoms. The first kappa shape index (κ1) is 8.86. The Morgan fingerprint density at radius 2 is 1.91 bits per heavy atom. The molecule has 1 aromatic carbocycles. The van der Waals surface area contributed by atoms with Crippen LogP contribution in [0.1, 0.15) is 16.0 Å². The fourth-order valence-electron chi connectivity index (χ4n) is 0.911. The predicted octanol–water partition coefficient (Wildman–Crippen LogP) is 3.02. The van der Waals surface area contributed by atoms with Gasteiger partial charge in [-0.15, -0.1) is 0 Å². The maximum absolute atomic E-state index is 5.50. The van der Waals surface area contributed by atoms with E-state index < -0.39 is 0 Å². The maximum atomic E-state index is 5.50. The van der Waals surface area contributed by atoms with E-state index in [0.29, 0.717) is 11.1 Å². The quantitative estimate of drug-likeness (QED) is 0.518. The van der Waals surface area contributed by atoms with Gasteiger partial charge < -0.3 is 0 Å². The Bertz CT molecular complexity index is 218. The molecule has 0 aliphatic carbocycles. The molecule has 0 aliphatic rings. The molecule has 11 heavy (non-hydrogen) atoms. The fourth-order valence-corrected chi connectivity index (χ4v) is 1.22. The molecule has 0 heterocycles. The topological polar surface area (TPSA) is 0 Å². The van der Waals surface area contributed by atoms with Crippen molar-refractivity contribution in [1.82, 2.24) is 0 Å². The van der Waals surface area contributed by atoms with Gasteiger partial charge in [0.05, 0.1) is 7.85 Å². The number of halogens is 1. The molecular formula is C9H10BBr. The molecule has 0 bridgehead atoms. The number of aryl methyl sites for hydroxylation is 1. The van der Waals surface area contributed by atoms with Crippen LogP contribution in [-0.2, 0) is 0 Å². The van der Waals surface area contributed by atoms with Gasteiger partial charge in [0.1, 0.15) is 0 Å². The first-order chi connectivity index (χ1) is 5.24. The number of alkyl halides is 1. The normalized spacial score (nSPS) is 12.9. The molecule has 1 rings (SSSR count). The largest absolute Gasteiger partial charge is 0.0847 e. The Hall–Kier alpha value is -0.235. The van der Waals surface area contributed by atoms with Gasteiger partial charge in [-0.05, 0) is 12.5 Å². The minimum absolute atomic E-state index is 0.295. The van der Waals surface area contributed by atoms with Crippen molar-refractivity contribution in [3.8, 4) is 0 Å². The molecule has 0 saturated carbocycles. The highest BCUT2D eigenvalue weighted by atomic mass is 79.9. The zero-order valence-electron chi connectivity index (χ0n) is 6.55. The first-order valence-corrected chi connectivity index (χ1v) is 4.56. The smallest absolute Gasteiger partial charge is 0.0672 e. The van der Waals surface area contributed by atoms with E-state index in [1.807, 2.05) is 0 Å². The van der Waals surface area contributed by atoms with E-state index in [1.54, 1.807) is 0 Å². The van der Waals surface area contributed by atoms with Crippen LogP contribution in [0.3, 0.4) is 0 Å². The molecule has 0 nitrogen and oxygen atoms in total. The molecule has 1 unspecified atom stereocenters. The molecule has 0 saturated heterocycles. The summed E-state index contributed by atoms with van der Waals surface area (Å²) >= 11 is 3.48. The van der Waals surface area contributed by atoms with Crippen LogP contribution in [0.15, 0.2) is 24.3 Å². The van der Waals surface area contributed by atoms with Crippen LogP contribution in [0, 0.1) is 6.92 Å². The van der Waals surface area contributed by atoms with Gasteiger partial charge in [0, 0.05) is 4.83 Å². The third kappa shape index (κ3) is 2.37. The molecule has 56 valence electrons. The molecule has 0 aliphatic heterocycles. The minimum Gasteiger partial charge on any atom is -0.0847 e. The Kier molecular flexibility index (Phi) is 3.19. The molecule has 0 N–H and O–H groups in total. The summed E-state index contributed by atoms with van der Waals surface area (Å²) in [4.78, 5) is 0.295. The van der Waals surface area contributed by atoms with E-state index >= 15 is 0 Å².